The average Bonchev–Trinajstić information content (AvgIpc) is 3.36. The molecule has 0 aliphatic rings. The van der Waals surface area contributed by atoms with E-state index in [-0.39, 0.29) is 0 Å². The van der Waals surface area contributed by atoms with Crippen LogP contribution in [-0.2, 0) is 0 Å². The van der Waals surface area contributed by atoms with Gasteiger partial charge >= 0.3 is 0 Å². The molecule has 3 heterocycles. The largest absolute Gasteiger partial charge is 0.256 e. The molecule has 290 valence electrons. The van der Waals surface area contributed by atoms with Gasteiger partial charge in [-0.15, -0.1) is 0 Å². The van der Waals surface area contributed by atoms with Gasteiger partial charge in [0.2, 0.25) is 0 Å². The highest BCUT2D eigenvalue weighted by molar-refractivity contribution is 5.87. The lowest BCUT2D eigenvalue weighted by molar-refractivity contribution is 1.07. The van der Waals surface area contributed by atoms with Crippen LogP contribution in [0.15, 0.2) is 225 Å². The zero-order valence-corrected chi connectivity index (χ0v) is 33.6. The summed E-state index contributed by atoms with van der Waals surface area (Å²) in [5.74, 6) is 1.83. The number of rotatable bonds is 8. The number of pyridine rings is 2. The standard InChI is InChI=1S/C57H37N5/c1-3-11-38(12-4-1)39-27-29-45(30-28-39)56-60-55(44-13-5-2-6-14-44)61-57(62-56)50-34-48(40-19-23-42(24-20-40)51-31-46-15-7-9-17-53(46)58-36-51)33-49(35-50)41-21-25-43(26-22-41)52-32-47-16-8-10-18-54(47)59-37-52/h1-37H. The van der Waals surface area contributed by atoms with Crippen LogP contribution in [0.3, 0.4) is 0 Å². The first-order valence-corrected chi connectivity index (χ1v) is 20.7. The molecule has 0 aliphatic carbocycles. The van der Waals surface area contributed by atoms with Crippen molar-refractivity contribution >= 4 is 21.8 Å². The fourth-order valence-electron chi connectivity index (χ4n) is 8.05. The van der Waals surface area contributed by atoms with Gasteiger partial charge < -0.3 is 0 Å². The van der Waals surface area contributed by atoms with Crippen LogP contribution in [0.2, 0.25) is 0 Å². The van der Waals surface area contributed by atoms with E-state index in [1.165, 1.54) is 0 Å². The molecule has 0 fully saturated rings. The zero-order valence-electron chi connectivity index (χ0n) is 33.6. The van der Waals surface area contributed by atoms with Gasteiger partial charge in [-0.2, -0.15) is 0 Å². The molecule has 0 unspecified atom stereocenters. The molecule has 8 aromatic carbocycles. The average molecular weight is 792 g/mol. The molecule has 11 aromatic rings. The quantitative estimate of drug-likeness (QED) is 0.153. The molecule has 0 amide bonds. The second kappa shape index (κ2) is 16.0. The number of fused-ring (bicyclic) bond motifs is 2. The van der Waals surface area contributed by atoms with E-state index in [1.54, 1.807) is 0 Å². The molecule has 0 aliphatic heterocycles. The Morgan fingerprint density at radius 3 is 0.984 bits per heavy atom. The van der Waals surface area contributed by atoms with Crippen LogP contribution >= 0.6 is 0 Å². The maximum Gasteiger partial charge on any atom is 0.164 e. The summed E-state index contributed by atoms with van der Waals surface area (Å²) >= 11 is 0. The Morgan fingerprint density at radius 2 is 0.516 bits per heavy atom. The SMILES string of the molecule is c1ccc(-c2ccc(-c3nc(-c4ccccc4)nc(-c4cc(-c5ccc(-c6cnc7ccccc7c6)cc5)cc(-c5ccc(-c6cnc7ccccc7c6)cc5)c4)n3)cc2)cc1. The van der Waals surface area contributed by atoms with Crippen LogP contribution in [0, 0.1) is 0 Å². The number of nitrogens with zero attached hydrogens (tertiary/aromatic N) is 5. The highest BCUT2D eigenvalue weighted by Gasteiger charge is 2.16. The fraction of sp³-hybridized carbons (Fsp3) is 0. The molecular weight excluding hydrogens is 755 g/mol. The molecule has 0 N–H and O–H groups in total. The fourth-order valence-corrected chi connectivity index (χ4v) is 8.05. The van der Waals surface area contributed by atoms with Crippen LogP contribution in [0.5, 0.6) is 0 Å². The van der Waals surface area contributed by atoms with E-state index in [0.29, 0.717) is 17.5 Å². The van der Waals surface area contributed by atoms with Crippen LogP contribution < -0.4 is 0 Å². The van der Waals surface area contributed by atoms with Gasteiger partial charge in [-0.3, -0.25) is 9.97 Å². The van der Waals surface area contributed by atoms with Crippen molar-refractivity contribution in [3.8, 4) is 89.8 Å². The van der Waals surface area contributed by atoms with Gasteiger partial charge in [-0.05, 0) is 87.0 Å². The lowest BCUT2D eigenvalue weighted by Gasteiger charge is -2.13. The summed E-state index contributed by atoms with van der Waals surface area (Å²) in [5.41, 5.74) is 15.6. The molecule has 0 saturated heterocycles. The van der Waals surface area contributed by atoms with Crippen molar-refractivity contribution in [1.29, 1.82) is 0 Å². The van der Waals surface area contributed by atoms with E-state index in [9.17, 15) is 0 Å². The molecule has 0 spiro atoms. The summed E-state index contributed by atoms with van der Waals surface area (Å²) in [4.78, 5) is 24.8. The molecular formula is C57H37N5. The normalized spacial score (nSPS) is 11.2. The third-order valence-corrected chi connectivity index (χ3v) is 11.4. The van der Waals surface area contributed by atoms with Crippen molar-refractivity contribution in [3.63, 3.8) is 0 Å². The van der Waals surface area contributed by atoms with Crippen LogP contribution in [0.25, 0.3) is 112 Å². The Kier molecular flexibility index (Phi) is 9.45. The molecule has 3 aromatic heterocycles. The molecule has 5 heteroatoms. The third-order valence-electron chi connectivity index (χ3n) is 11.4. The van der Waals surface area contributed by atoms with Gasteiger partial charge in [0.15, 0.2) is 17.5 Å². The number of para-hydroxylation sites is 2. The van der Waals surface area contributed by atoms with Crippen molar-refractivity contribution in [2.75, 3.05) is 0 Å². The maximum absolute atomic E-state index is 5.19. The van der Waals surface area contributed by atoms with E-state index >= 15 is 0 Å². The van der Waals surface area contributed by atoms with Gasteiger partial charge in [0.05, 0.1) is 11.0 Å². The van der Waals surface area contributed by atoms with E-state index in [0.717, 1.165) is 94.1 Å². The van der Waals surface area contributed by atoms with Crippen LogP contribution in [0.4, 0.5) is 0 Å². The Bertz CT molecular complexity index is 3230. The monoisotopic (exact) mass is 791 g/mol. The van der Waals surface area contributed by atoms with Gasteiger partial charge in [-0.1, -0.05) is 170 Å². The van der Waals surface area contributed by atoms with E-state index in [2.05, 4.69) is 152 Å². The first-order valence-electron chi connectivity index (χ1n) is 20.7. The summed E-state index contributed by atoms with van der Waals surface area (Å²) in [6.45, 7) is 0. The minimum Gasteiger partial charge on any atom is -0.256 e. The molecule has 5 nitrogen and oxygen atoms in total. The number of hydrogen-bond donors (Lipinski definition) is 0. The molecule has 0 saturated carbocycles. The number of benzene rings is 8. The van der Waals surface area contributed by atoms with Crippen molar-refractivity contribution < 1.29 is 0 Å². The predicted molar refractivity (Wildman–Crippen MR) is 254 cm³/mol. The van der Waals surface area contributed by atoms with E-state index in [1.807, 2.05) is 73.1 Å². The lowest BCUT2D eigenvalue weighted by atomic mass is 9.93. The highest BCUT2D eigenvalue weighted by atomic mass is 15.0. The molecule has 62 heavy (non-hydrogen) atoms. The first-order chi connectivity index (χ1) is 30.7. The van der Waals surface area contributed by atoms with Crippen LogP contribution in [-0.4, -0.2) is 24.9 Å². The number of aromatic nitrogens is 5. The molecule has 0 atom stereocenters. The third kappa shape index (κ3) is 7.40. The molecule has 0 bridgehead atoms. The summed E-state index contributed by atoms with van der Waals surface area (Å²) in [5, 5.41) is 2.24. The zero-order chi connectivity index (χ0) is 41.2. The smallest absolute Gasteiger partial charge is 0.164 e. The van der Waals surface area contributed by atoms with Crippen LogP contribution in [0.1, 0.15) is 0 Å². The van der Waals surface area contributed by atoms with Gasteiger partial charge in [0.1, 0.15) is 0 Å². The van der Waals surface area contributed by atoms with Crippen molar-refractivity contribution in [1.82, 2.24) is 24.9 Å². The minimum atomic E-state index is 0.599. The maximum atomic E-state index is 5.19. The molecule has 11 rings (SSSR count). The second-order valence-electron chi connectivity index (χ2n) is 15.4. The lowest BCUT2D eigenvalue weighted by Crippen LogP contribution is -2.00. The summed E-state index contributed by atoms with van der Waals surface area (Å²) in [6.07, 6.45) is 3.90. The Hall–Kier alpha value is -8.41. The Labute approximate surface area is 359 Å². The van der Waals surface area contributed by atoms with E-state index in [4.69, 9.17) is 24.9 Å². The minimum absolute atomic E-state index is 0.599. The van der Waals surface area contributed by atoms with Crippen molar-refractivity contribution in [3.05, 3.63) is 225 Å². The Balaban J connectivity index is 1.03. The summed E-state index contributed by atoms with van der Waals surface area (Å²) in [7, 11) is 0. The summed E-state index contributed by atoms with van der Waals surface area (Å²) < 4.78 is 0. The first kappa shape index (κ1) is 36.7. The van der Waals surface area contributed by atoms with Crippen molar-refractivity contribution in [2.45, 2.75) is 0 Å². The van der Waals surface area contributed by atoms with Gasteiger partial charge in [0, 0.05) is 51.0 Å². The van der Waals surface area contributed by atoms with Gasteiger partial charge in [0.25, 0.3) is 0 Å². The number of hydrogen-bond acceptors (Lipinski definition) is 5. The molecule has 0 radical (unpaired) electrons. The van der Waals surface area contributed by atoms with Crippen molar-refractivity contribution in [2.24, 2.45) is 0 Å². The second-order valence-corrected chi connectivity index (χ2v) is 15.4. The van der Waals surface area contributed by atoms with E-state index < -0.39 is 0 Å². The highest BCUT2D eigenvalue weighted by Crippen LogP contribution is 2.36. The van der Waals surface area contributed by atoms with Gasteiger partial charge in [-0.25, -0.2) is 15.0 Å². The summed E-state index contributed by atoms with van der Waals surface area (Å²) in [6, 6.07) is 73.9. The predicted octanol–water partition coefficient (Wildman–Crippen LogP) is 14.3. The Morgan fingerprint density at radius 1 is 0.210 bits per heavy atom. The topological polar surface area (TPSA) is 64.5 Å².